The monoisotopic (exact) mass is 390 g/mol. The van der Waals surface area contributed by atoms with Crippen molar-refractivity contribution in [3.63, 3.8) is 0 Å². The van der Waals surface area contributed by atoms with Gasteiger partial charge in [-0.25, -0.2) is 0 Å². The van der Waals surface area contributed by atoms with Crippen LogP contribution >= 0.6 is 23.2 Å². The average molecular weight is 391 g/mol. The third-order valence-electron chi connectivity index (χ3n) is 4.50. The highest BCUT2D eigenvalue weighted by Crippen LogP contribution is 2.35. The van der Waals surface area contributed by atoms with Crippen molar-refractivity contribution in [1.82, 2.24) is 5.32 Å². The number of hydrogen-bond donors (Lipinski definition) is 1. The maximum atomic E-state index is 12.4. The summed E-state index contributed by atoms with van der Waals surface area (Å²) >= 11 is 12.2. The van der Waals surface area contributed by atoms with Gasteiger partial charge in [-0.2, -0.15) is 0 Å². The normalized spacial score (nSPS) is 16.8. The Balaban J connectivity index is 1.51. The minimum absolute atomic E-state index is 0.0907. The molecule has 1 saturated heterocycles. The van der Waals surface area contributed by atoms with E-state index in [4.69, 9.17) is 23.2 Å². The topological polar surface area (TPSA) is 49.4 Å². The van der Waals surface area contributed by atoms with Crippen molar-refractivity contribution < 1.29 is 9.59 Å². The Morgan fingerprint density at radius 1 is 1.12 bits per heavy atom. The zero-order valence-electron chi connectivity index (χ0n) is 14.3. The summed E-state index contributed by atoms with van der Waals surface area (Å²) in [7, 11) is 0. The van der Waals surface area contributed by atoms with Crippen LogP contribution in [0.1, 0.15) is 18.4 Å². The van der Waals surface area contributed by atoms with Crippen LogP contribution in [-0.2, 0) is 16.0 Å². The highest BCUT2D eigenvalue weighted by Gasteiger charge is 2.35. The van der Waals surface area contributed by atoms with Crippen molar-refractivity contribution in [2.45, 2.75) is 19.3 Å². The van der Waals surface area contributed by atoms with Crippen LogP contribution in [0.15, 0.2) is 48.5 Å². The fourth-order valence-corrected chi connectivity index (χ4v) is 3.51. The Hall–Kier alpha value is -2.04. The van der Waals surface area contributed by atoms with Gasteiger partial charge < -0.3 is 10.2 Å². The zero-order valence-corrected chi connectivity index (χ0v) is 15.8. The van der Waals surface area contributed by atoms with Crippen LogP contribution in [0.25, 0.3) is 0 Å². The predicted octanol–water partition coefficient (Wildman–Crippen LogP) is 4.10. The van der Waals surface area contributed by atoms with Gasteiger partial charge in [0.25, 0.3) is 0 Å². The lowest BCUT2D eigenvalue weighted by Crippen LogP contribution is -2.33. The molecule has 2 amide bonds. The van der Waals surface area contributed by atoms with E-state index in [1.807, 2.05) is 18.2 Å². The lowest BCUT2D eigenvalue weighted by atomic mass is 10.1. The van der Waals surface area contributed by atoms with Crippen molar-refractivity contribution >= 4 is 40.7 Å². The fourth-order valence-electron chi connectivity index (χ4n) is 3.11. The number of aryl methyl sites for hydroxylation is 1. The molecule has 0 unspecified atom stereocenters. The van der Waals surface area contributed by atoms with Crippen LogP contribution in [0.2, 0.25) is 10.0 Å². The number of hydrogen-bond acceptors (Lipinski definition) is 2. The first kappa shape index (κ1) is 18.7. The second-order valence-electron chi connectivity index (χ2n) is 6.36. The molecular weight excluding hydrogens is 371 g/mol. The largest absolute Gasteiger partial charge is 0.356 e. The minimum Gasteiger partial charge on any atom is -0.356 e. The molecule has 1 N–H and O–H groups in total. The van der Waals surface area contributed by atoms with Gasteiger partial charge >= 0.3 is 0 Å². The number of nitrogens with zero attached hydrogens (tertiary/aromatic N) is 1. The minimum atomic E-state index is -0.366. The maximum absolute atomic E-state index is 12.4. The van der Waals surface area contributed by atoms with Crippen LogP contribution in [0.3, 0.4) is 0 Å². The predicted molar refractivity (Wildman–Crippen MR) is 105 cm³/mol. The highest BCUT2D eigenvalue weighted by atomic mass is 35.5. The molecular formula is C20H20Cl2N2O2. The number of rotatable bonds is 6. The van der Waals surface area contributed by atoms with Gasteiger partial charge in [-0.1, -0.05) is 59.6 Å². The van der Waals surface area contributed by atoms with Gasteiger partial charge in [0.05, 0.1) is 21.7 Å². The van der Waals surface area contributed by atoms with Crippen molar-refractivity contribution in [2.24, 2.45) is 5.92 Å². The average Bonchev–Trinajstić information content (AvgIpc) is 3.03. The molecule has 3 rings (SSSR count). The standard InChI is InChI=1S/C20H20Cl2N2O2/c21-16-9-4-10-17(19(16)22)24-13-15(12-18(24)25)20(26)23-11-5-8-14-6-2-1-3-7-14/h1-4,6-7,9-10,15H,5,8,11-13H2,(H,23,26)/t15-/m0/s1. The van der Waals surface area contributed by atoms with Gasteiger partial charge in [0.15, 0.2) is 0 Å². The Labute approximate surface area is 163 Å². The summed E-state index contributed by atoms with van der Waals surface area (Å²) in [5.74, 6) is -0.570. The first-order valence-electron chi connectivity index (χ1n) is 8.62. The van der Waals surface area contributed by atoms with Crippen molar-refractivity contribution in [3.05, 3.63) is 64.1 Å². The van der Waals surface area contributed by atoms with Crippen LogP contribution in [-0.4, -0.2) is 24.9 Å². The highest BCUT2D eigenvalue weighted by molar-refractivity contribution is 6.44. The summed E-state index contributed by atoms with van der Waals surface area (Å²) in [4.78, 5) is 26.2. The summed E-state index contributed by atoms with van der Waals surface area (Å²) in [6, 6.07) is 15.3. The number of benzene rings is 2. The van der Waals surface area contributed by atoms with Crippen molar-refractivity contribution in [1.29, 1.82) is 0 Å². The molecule has 1 aliphatic heterocycles. The summed E-state index contributed by atoms with van der Waals surface area (Å²) in [5, 5.41) is 3.67. The molecule has 26 heavy (non-hydrogen) atoms. The van der Waals surface area contributed by atoms with Gasteiger partial charge in [-0.15, -0.1) is 0 Å². The van der Waals surface area contributed by atoms with Crippen molar-refractivity contribution in [2.75, 3.05) is 18.0 Å². The van der Waals surface area contributed by atoms with E-state index in [2.05, 4.69) is 17.4 Å². The van der Waals surface area contributed by atoms with E-state index in [1.54, 1.807) is 23.1 Å². The summed E-state index contributed by atoms with van der Waals surface area (Å²) in [6.45, 7) is 0.916. The van der Waals surface area contributed by atoms with Gasteiger partial charge in [0.1, 0.15) is 0 Å². The molecule has 2 aromatic rings. The Bertz CT molecular complexity index is 796. The Kier molecular flexibility index (Phi) is 6.17. The molecule has 6 heteroatoms. The van der Waals surface area contributed by atoms with Crippen LogP contribution in [0.5, 0.6) is 0 Å². The van der Waals surface area contributed by atoms with Gasteiger partial charge in [-0.3, -0.25) is 9.59 Å². The van der Waals surface area contributed by atoms with E-state index >= 15 is 0 Å². The quantitative estimate of drug-likeness (QED) is 0.754. The zero-order chi connectivity index (χ0) is 18.5. The molecule has 0 saturated carbocycles. The molecule has 2 aromatic carbocycles. The van der Waals surface area contributed by atoms with E-state index in [1.165, 1.54) is 5.56 Å². The van der Waals surface area contributed by atoms with E-state index in [0.717, 1.165) is 12.8 Å². The van der Waals surface area contributed by atoms with Crippen LogP contribution < -0.4 is 10.2 Å². The molecule has 0 aliphatic carbocycles. The first-order chi connectivity index (χ1) is 12.6. The van der Waals surface area contributed by atoms with E-state index < -0.39 is 0 Å². The SMILES string of the molecule is O=C(NCCCc1ccccc1)[C@H]1CC(=O)N(c2cccc(Cl)c2Cl)C1. The van der Waals surface area contributed by atoms with E-state index in [0.29, 0.717) is 28.8 Å². The number of anilines is 1. The Morgan fingerprint density at radius 2 is 1.88 bits per heavy atom. The lowest BCUT2D eigenvalue weighted by Gasteiger charge is -2.18. The van der Waals surface area contributed by atoms with Crippen LogP contribution in [0.4, 0.5) is 5.69 Å². The van der Waals surface area contributed by atoms with Crippen molar-refractivity contribution in [3.8, 4) is 0 Å². The summed E-state index contributed by atoms with van der Waals surface area (Å²) in [6.07, 6.45) is 1.96. The van der Waals surface area contributed by atoms with Gasteiger partial charge in [-0.05, 0) is 30.5 Å². The summed E-state index contributed by atoms with van der Waals surface area (Å²) in [5.41, 5.74) is 1.81. The molecule has 0 spiro atoms. The molecule has 0 radical (unpaired) electrons. The Morgan fingerprint density at radius 3 is 2.65 bits per heavy atom. The third kappa shape index (κ3) is 4.37. The smallest absolute Gasteiger partial charge is 0.227 e. The molecule has 0 aromatic heterocycles. The number of amides is 2. The number of carbonyl (C=O) groups excluding carboxylic acids is 2. The molecule has 4 nitrogen and oxygen atoms in total. The van der Waals surface area contributed by atoms with Gasteiger partial charge in [0.2, 0.25) is 11.8 Å². The first-order valence-corrected chi connectivity index (χ1v) is 9.38. The molecule has 1 aliphatic rings. The number of halogens is 2. The molecule has 1 heterocycles. The maximum Gasteiger partial charge on any atom is 0.227 e. The second kappa shape index (κ2) is 8.56. The second-order valence-corrected chi connectivity index (χ2v) is 7.14. The molecule has 0 bridgehead atoms. The van der Waals surface area contributed by atoms with Crippen LogP contribution in [0, 0.1) is 5.92 Å². The van der Waals surface area contributed by atoms with Gasteiger partial charge in [0, 0.05) is 19.5 Å². The van der Waals surface area contributed by atoms with E-state index in [9.17, 15) is 9.59 Å². The number of carbonyl (C=O) groups is 2. The summed E-state index contributed by atoms with van der Waals surface area (Å²) < 4.78 is 0. The third-order valence-corrected chi connectivity index (χ3v) is 5.31. The molecule has 136 valence electrons. The molecule has 1 atom stereocenters. The van der Waals surface area contributed by atoms with E-state index in [-0.39, 0.29) is 24.2 Å². The lowest BCUT2D eigenvalue weighted by molar-refractivity contribution is -0.126. The fraction of sp³-hybridized carbons (Fsp3) is 0.300. The number of nitrogens with one attached hydrogen (secondary N) is 1. The molecule has 1 fully saturated rings.